The summed E-state index contributed by atoms with van der Waals surface area (Å²) in [6.45, 7) is 3.53. The van der Waals surface area contributed by atoms with E-state index in [-0.39, 0.29) is 29.2 Å². The Morgan fingerprint density at radius 3 is 2.68 bits per heavy atom. The van der Waals surface area contributed by atoms with Gasteiger partial charge in [-0.3, -0.25) is 9.78 Å². The van der Waals surface area contributed by atoms with Crippen LogP contribution in [0.25, 0.3) is 11.3 Å². The highest BCUT2D eigenvalue weighted by atomic mass is 19.4. The monoisotopic (exact) mass is 432 g/mol. The lowest BCUT2D eigenvalue weighted by atomic mass is 9.89. The van der Waals surface area contributed by atoms with Crippen LogP contribution in [0.5, 0.6) is 0 Å². The zero-order valence-corrected chi connectivity index (χ0v) is 16.8. The molecule has 7 nitrogen and oxygen atoms in total. The number of aliphatic imine (C=N–C) groups is 1. The smallest absolute Gasteiger partial charge is 0.384 e. The van der Waals surface area contributed by atoms with Crippen molar-refractivity contribution in [2.45, 2.75) is 38.3 Å². The van der Waals surface area contributed by atoms with Crippen molar-refractivity contribution >= 4 is 11.7 Å². The second-order valence-electron chi connectivity index (χ2n) is 7.17. The Labute approximate surface area is 177 Å². The number of alkyl halides is 3. The molecule has 0 aliphatic heterocycles. The lowest BCUT2D eigenvalue weighted by Gasteiger charge is -2.20. The number of amides is 1. The topological polar surface area (TPSA) is 98.2 Å². The number of carbonyl (C=O) groups excluding carboxylic acids is 1. The highest BCUT2D eigenvalue weighted by Gasteiger charge is 2.37. The van der Waals surface area contributed by atoms with Crippen LogP contribution in [0.4, 0.5) is 13.2 Å². The van der Waals surface area contributed by atoms with Crippen molar-refractivity contribution in [3.8, 4) is 11.3 Å². The van der Waals surface area contributed by atoms with Gasteiger partial charge in [0.25, 0.3) is 0 Å². The molecule has 0 spiro atoms. The predicted molar refractivity (Wildman–Crippen MR) is 110 cm³/mol. The van der Waals surface area contributed by atoms with Crippen LogP contribution >= 0.6 is 0 Å². The fourth-order valence-corrected chi connectivity index (χ4v) is 3.38. The number of nitrogens with zero attached hydrogens (tertiary/aromatic N) is 4. The minimum atomic E-state index is -4.68. The Balaban J connectivity index is 1.87. The van der Waals surface area contributed by atoms with Gasteiger partial charge in [0.1, 0.15) is 5.82 Å². The van der Waals surface area contributed by atoms with Crippen LogP contribution in [0.3, 0.4) is 0 Å². The van der Waals surface area contributed by atoms with Crippen LogP contribution in [0.2, 0.25) is 0 Å². The van der Waals surface area contributed by atoms with Gasteiger partial charge in [-0.05, 0) is 37.1 Å². The van der Waals surface area contributed by atoms with Crippen LogP contribution < -0.4 is 11.1 Å². The highest BCUT2D eigenvalue weighted by molar-refractivity contribution is 5.95. The number of aromatic nitrogens is 3. The van der Waals surface area contributed by atoms with E-state index < -0.39 is 11.9 Å². The molecule has 2 aromatic rings. The molecule has 0 bridgehead atoms. The van der Waals surface area contributed by atoms with Gasteiger partial charge >= 0.3 is 6.18 Å². The van der Waals surface area contributed by atoms with Gasteiger partial charge in [0.2, 0.25) is 5.91 Å². The summed E-state index contributed by atoms with van der Waals surface area (Å²) in [5, 5.41) is 6.58. The molecule has 1 saturated carbocycles. The minimum absolute atomic E-state index is 0.0666. The molecule has 3 rings (SSSR count). The van der Waals surface area contributed by atoms with E-state index in [4.69, 9.17) is 5.73 Å². The maximum Gasteiger partial charge on any atom is 0.433 e. The highest BCUT2D eigenvalue weighted by Crippen LogP contribution is 2.32. The molecule has 2 heterocycles. The van der Waals surface area contributed by atoms with Gasteiger partial charge in [-0.15, -0.1) is 0 Å². The number of pyridine rings is 1. The number of carbonyl (C=O) groups is 1. The van der Waals surface area contributed by atoms with Crippen LogP contribution in [-0.4, -0.2) is 26.5 Å². The van der Waals surface area contributed by atoms with E-state index in [0.717, 1.165) is 50.4 Å². The molecule has 31 heavy (non-hydrogen) atoms. The molecule has 0 aromatic carbocycles. The number of rotatable bonds is 5. The quantitative estimate of drug-likeness (QED) is 0.554. The molecule has 1 aliphatic carbocycles. The van der Waals surface area contributed by atoms with Crippen LogP contribution in [-0.2, 0) is 11.0 Å². The van der Waals surface area contributed by atoms with E-state index in [1.165, 1.54) is 12.4 Å². The minimum Gasteiger partial charge on any atom is -0.384 e. The first-order valence-corrected chi connectivity index (χ1v) is 9.84. The summed E-state index contributed by atoms with van der Waals surface area (Å²) >= 11 is 0. The van der Waals surface area contributed by atoms with Gasteiger partial charge in [0, 0.05) is 23.9 Å². The Morgan fingerprint density at radius 1 is 1.32 bits per heavy atom. The second-order valence-corrected chi connectivity index (χ2v) is 7.17. The SMILES string of the molecule is C=CC(=N/C=C(\N)NC(=O)C1CCCCC1)n1nc(-c2cccnc2)cc1C(F)(F)F. The van der Waals surface area contributed by atoms with Gasteiger partial charge in [0.05, 0.1) is 11.9 Å². The number of nitrogens with two attached hydrogens (primary N) is 1. The van der Waals surface area contributed by atoms with Crippen molar-refractivity contribution < 1.29 is 18.0 Å². The van der Waals surface area contributed by atoms with E-state index >= 15 is 0 Å². The Bertz CT molecular complexity index is 988. The molecule has 0 atom stereocenters. The maximum atomic E-state index is 13.6. The molecule has 1 amide bonds. The van der Waals surface area contributed by atoms with Crippen molar-refractivity contribution in [1.82, 2.24) is 20.1 Å². The number of hydrogen-bond donors (Lipinski definition) is 2. The molecule has 1 aliphatic rings. The van der Waals surface area contributed by atoms with E-state index in [0.29, 0.717) is 10.2 Å². The fraction of sp³-hybridized carbons (Fsp3) is 0.333. The van der Waals surface area contributed by atoms with Gasteiger partial charge in [-0.25, -0.2) is 9.67 Å². The number of nitrogens with one attached hydrogen (secondary N) is 1. The summed E-state index contributed by atoms with van der Waals surface area (Å²) in [6.07, 6.45) is 5.12. The molecule has 1 fully saturated rings. The summed E-state index contributed by atoms with van der Waals surface area (Å²) in [5.74, 6) is -0.591. The zero-order chi connectivity index (χ0) is 22.4. The average molecular weight is 432 g/mol. The molecular formula is C21H23F3N6O. The van der Waals surface area contributed by atoms with Crippen molar-refractivity contribution in [3.05, 3.63) is 61.0 Å². The third kappa shape index (κ3) is 5.59. The van der Waals surface area contributed by atoms with Gasteiger partial charge in [0.15, 0.2) is 11.5 Å². The van der Waals surface area contributed by atoms with Crippen LogP contribution in [0.15, 0.2) is 60.3 Å². The summed E-state index contributed by atoms with van der Waals surface area (Å²) in [6, 6.07) is 4.11. The summed E-state index contributed by atoms with van der Waals surface area (Å²) < 4.78 is 41.4. The first kappa shape index (κ1) is 22.3. The molecule has 0 unspecified atom stereocenters. The summed E-state index contributed by atoms with van der Waals surface area (Å²) in [4.78, 5) is 20.1. The zero-order valence-electron chi connectivity index (χ0n) is 16.8. The lowest BCUT2D eigenvalue weighted by molar-refractivity contribution is -0.142. The maximum absolute atomic E-state index is 13.6. The van der Waals surface area contributed by atoms with Crippen molar-refractivity contribution in [2.24, 2.45) is 16.6 Å². The molecule has 164 valence electrons. The third-order valence-electron chi connectivity index (χ3n) is 4.94. The molecule has 3 N–H and O–H groups in total. The van der Waals surface area contributed by atoms with Gasteiger partial charge in [-0.1, -0.05) is 25.8 Å². The first-order valence-electron chi connectivity index (χ1n) is 9.84. The molecule has 2 aromatic heterocycles. The number of allylic oxidation sites excluding steroid dienone is 1. The fourth-order valence-electron chi connectivity index (χ4n) is 3.38. The normalized spacial score (nSPS) is 16.2. The van der Waals surface area contributed by atoms with Crippen molar-refractivity contribution in [1.29, 1.82) is 0 Å². The van der Waals surface area contributed by atoms with E-state index in [2.05, 4.69) is 27.0 Å². The lowest BCUT2D eigenvalue weighted by Crippen LogP contribution is -2.34. The van der Waals surface area contributed by atoms with Crippen molar-refractivity contribution in [3.63, 3.8) is 0 Å². The Kier molecular flexibility index (Phi) is 6.88. The first-order chi connectivity index (χ1) is 14.8. The van der Waals surface area contributed by atoms with Crippen molar-refractivity contribution in [2.75, 3.05) is 0 Å². The molecule has 0 radical (unpaired) electrons. The Morgan fingerprint density at radius 2 is 2.06 bits per heavy atom. The largest absolute Gasteiger partial charge is 0.433 e. The van der Waals surface area contributed by atoms with Gasteiger partial charge < -0.3 is 11.1 Å². The third-order valence-corrected chi connectivity index (χ3v) is 4.94. The predicted octanol–water partition coefficient (Wildman–Crippen LogP) is 3.85. The van der Waals surface area contributed by atoms with Crippen LogP contribution in [0.1, 0.15) is 37.8 Å². The summed E-state index contributed by atoms with van der Waals surface area (Å²) in [7, 11) is 0. The van der Waals surface area contributed by atoms with Crippen LogP contribution in [0, 0.1) is 5.92 Å². The second kappa shape index (κ2) is 9.59. The van der Waals surface area contributed by atoms with Gasteiger partial charge in [-0.2, -0.15) is 18.3 Å². The summed E-state index contributed by atoms with van der Waals surface area (Å²) in [5.41, 5.74) is 5.29. The molecular weight excluding hydrogens is 409 g/mol. The van der Waals surface area contributed by atoms with E-state index in [1.54, 1.807) is 12.1 Å². The standard InChI is InChI=1S/C21H23F3N6O/c1-2-19(27-13-18(25)28-20(31)14-7-4-3-5-8-14)30-17(21(22,23)24)11-16(29-30)15-9-6-10-26-12-15/h2,6,9-14H,1,3-5,7-8,25H2,(H,28,31)/b18-13+,27-19?. The molecule has 10 heteroatoms. The average Bonchev–Trinajstić information content (AvgIpc) is 3.21. The molecule has 0 saturated heterocycles. The van der Waals surface area contributed by atoms with E-state index in [1.807, 2.05) is 0 Å². The number of hydrogen-bond acceptors (Lipinski definition) is 5. The Hall–Kier alpha value is -3.43. The number of halogens is 3. The van der Waals surface area contributed by atoms with E-state index in [9.17, 15) is 18.0 Å².